The van der Waals surface area contributed by atoms with Crippen LogP contribution in [0.1, 0.15) is 37.9 Å². The number of rotatable bonds is 9. The zero-order valence-corrected chi connectivity index (χ0v) is 20.2. The van der Waals surface area contributed by atoms with E-state index in [-0.39, 0.29) is 24.0 Å². The van der Waals surface area contributed by atoms with E-state index in [0.29, 0.717) is 35.3 Å². The topological polar surface area (TPSA) is 102 Å². The molecule has 0 bridgehead atoms. The Kier molecular flexibility index (Phi) is 7.87. The Morgan fingerprint density at radius 3 is 2.54 bits per heavy atom. The fraction of sp³-hybridized carbons (Fsp3) is 0.360. The van der Waals surface area contributed by atoms with Gasteiger partial charge in [0.05, 0.1) is 24.6 Å². The summed E-state index contributed by atoms with van der Waals surface area (Å²) >= 11 is 1.13. The molecule has 1 saturated carbocycles. The van der Waals surface area contributed by atoms with Gasteiger partial charge in [-0.1, -0.05) is 43.2 Å². The maximum absolute atomic E-state index is 14.7. The van der Waals surface area contributed by atoms with Gasteiger partial charge < -0.3 is 14.8 Å². The Morgan fingerprint density at radius 1 is 1.14 bits per heavy atom. The lowest BCUT2D eigenvalue weighted by Crippen LogP contribution is -2.49. The number of para-hydroxylation sites is 1. The third-order valence-electron chi connectivity index (χ3n) is 5.85. The zero-order chi connectivity index (χ0) is 24.7. The number of hydrogen-bond donors (Lipinski definition) is 1. The van der Waals surface area contributed by atoms with Gasteiger partial charge in [0.1, 0.15) is 29.5 Å². The maximum Gasteiger partial charge on any atom is 0.231 e. The molecular weight excluding hydrogens is 469 g/mol. The van der Waals surface area contributed by atoms with Gasteiger partial charge in [0.2, 0.25) is 5.91 Å². The molecule has 0 unspecified atom stereocenters. The molecule has 0 radical (unpaired) electrons. The SMILES string of the molecule is COc1ccc(OCc2nnc(SCC(=O)NC3(C#N)CCCCC3)n2-c2ccccc2F)cc1. The molecule has 2 aromatic carbocycles. The first kappa shape index (κ1) is 24.5. The predicted molar refractivity (Wildman–Crippen MR) is 129 cm³/mol. The molecular formula is C25H26FN5O3S. The van der Waals surface area contributed by atoms with E-state index >= 15 is 0 Å². The summed E-state index contributed by atoms with van der Waals surface area (Å²) in [6.07, 6.45) is 4.21. The lowest BCUT2D eigenvalue weighted by atomic mass is 9.83. The number of hydrogen-bond acceptors (Lipinski definition) is 7. The Labute approximate surface area is 207 Å². The minimum atomic E-state index is -0.813. The smallest absolute Gasteiger partial charge is 0.231 e. The van der Waals surface area contributed by atoms with E-state index in [1.165, 1.54) is 6.07 Å². The monoisotopic (exact) mass is 495 g/mol. The second-order valence-corrected chi connectivity index (χ2v) is 9.18. The number of thioether (sulfide) groups is 1. The van der Waals surface area contributed by atoms with Crippen LogP contribution < -0.4 is 14.8 Å². The number of nitrogens with zero attached hydrogens (tertiary/aromatic N) is 4. The molecule has 10 heteroatoms. The Bertz CT molecular complexity index is 1200. The highest BCUT2D eigenvalue weighted by Crippen LogP contribution is 2.29. The molecule has 4 rings (SSSR count). The minimum Gasteiger partial charge on any atom is -0.497 e. The van der Waals surface area contributed by atoms with Crippen LogP contribution >= 0.6 is 11.8 Å². The third-order valence-corrected chi connectivity index (χ3v) is 6.78. The summed E-state index contributed by atoms with van der Waals surface area (Å²) in [5.41, 5.74) is -0.554. The standard InChI is InChI=1S/C25H26FN5O3S/c1-33-18-9-11-19(12-10-18)34-15-22-29-30-24(31(22)21-8-4-3-7-20(21)26)35-16-23(32)28-25(17-27)13-5-2-6-14-25/h3-4,7-12H,2,5-6,13-16H2,1H3,(H,28,32). The molecule has 1 aliphatic carbocycles. The van der Waals surface area contributed by atoms with E-state index in [1.54, 1.807) is 54.1 Å². The quantitative estimate of drug-likeness (QED) is 0.438. The van der Waals surface area contributed by atoms with Crippen molar-refractivity contribution < 1.29 is 18.7 Å². The number of carbonyl (C=O) groups is 1. The summed E-state index contributed by atoms with van der Waals surface area (Å²) < 4.78 is 27.3. The van der Waals surface area contributed by atoms with Crippen molar-refractivity contribution in [3.05, 3.63) is 60.2 Å². The average molecular weight is 496 g/mol. The number of carbonyl (C=O) groups excluding carboxylic acids is 1. The molecule has 0 aliphatic heterocycles. The van der Waals surface area contributed by atoms with Crippen LogP contribution in [0, 0.1) is 17.1 Å². The first-order valence-electron chi connectivity index (χ1n) is 11.3. The summed E-state index contributed by atoms with van der Waals surface area (Å²) in [7, 11) is 1.58. The van der Waals surface area contributed by atoms with Gasteiger partial charge in [0.25, 0.3) is 0 Å². The first-order valence-corrected chi connectivity index (χ1v) is 12.3. The van der Waals surface area contributed by atoms with Crippen LogP contribution in [0.15, 0.2) is 53.7 Å². The molecule has 1 fully saturated rings. The van der Waals surface area contributed by atoms with Gasteiger partial charge in [-0.25, -0.2) is 4.39 Å². The van der Waals surface area contributed by atoms with Crippen LogP contribution in [0.25, 0.3) is 5.69 Å². The molecule has 0 saturated heterocycles. The molecule has 0 atom stereocenters. The average Bonchev–Trinajstić information content (AvgIpc) is 3.30. The van der Waals surface area contributed by atoms with Crippen molar-refractivity contribution in [1.29, 1.82) is 5.26 Å². The lowest BCUT2D eigenvalue weighted by molar-refractivity contribution is -0.120. The van der Waals surface area contributed by atoms with Gasteiger partial charge in [-0.2, -0.15) is 5.26 Å². The van der Waals surface area contributed by atoms with Gasteiger partial charge in [0, 0.05) is 0 Å². The number of amides is 1. The molecule has 0 spiro atoms. The first-order chi connectivity index (χ1) is 17.0. The molecule has 3 aromatic rings. The van der Waals surface area contributed by atoms with Crippen molar-refractivity contribution >= 4 is 17.7 Å². The van der Waals surface area contributed by atoms with Crippen LogP contribution in [0.5, 0.6) is 11.5 Å². The second-order valence-electron chi connectivity index (χ2n) is 8.24. The number of ether oxygens (including phenoxy) is 2. The molecule has 8 nitrogen and oxygen atoms in total. The Balaban J connectivity index is 1.50. The van der Waals surface area contributed by atoms with Gasteiger partial charge >= 0.3 is 0 Å². The molecule has 1 heterocycles. The summed E-state index contributed by atoms with van der Waals surface area (Å²) in [5.74, 6) is 0.990. The molecule has 1 aromatic heterocycles. The highest BCUT2D eigenvalue weighted by Gasteiger charge is 2.33. The van der Waals surface area contributed by atoms with Crippen molar-refractivity contribution in [3.8, 4) is 23.3 Å². The van der Waals surface area contributed by atoms with E-state index in [0.717, 1.165) is 31.0 Å². The van der Waals surface area contributed by atoms with Crippen molar-refractivity contribution in [3.63, 3.8) is 0 Å². The van der Waals surface area contributed by atoms with Crippen LogP contribution in [-0.4, -0.2) is 39.1 Å². The van der Waals surface area contributed by atoms with Crippen molar-refractivity contribution in [2.24, 2.45) is 0 Å². The molecule has 35 heavy (non-hydrogen) atoms. The maximum atomic E-state index is 14.7. The van der Waals surface area contributed by atoms with E-state index in [2.05, 4.69) is 21.6 Å². The number of benzene rings is 2. The van der Waals surface area contributed by atoms with Crippen molar-refractivity contribution in [1.82, 2.24) is 20.1 Å². The van der Waals surface area contributed by atoms with E-state index < -0.39 is 11.4 Å². The molecule has 1 amide bonds. The fourth-order valence-corrected chi connectivity index (χ4v) is 4.80. The number of aromatic nitrogens is 3. The largest absolute Gasteiger partial charge is 0.497 e. The number of nitriles is 1. The normalized spacial score (nSPS) is 14.7. The highest BCUT2D eigenvalue weighted by atomic mass is 32.2. The summed E-state index contributed by atoms with van der Waals surface area (Å²) in [6, 6.07) is 15.6. The van der Waals surface area contributed by atoms with E-state index in [1.807, 2.05) is 0 Å². The van der Waals surface area contributed by atoms with Gasteiger partial charge in [0.15, 0.2) is 11.0 Å². The number of methoxy groups -OCH3 is 1. The zero-order valence-electron chi connectivity index (χ0n) is 19.4. The lowest BCUT2D eigenvalue weighted by Gasteiger charge is -2.31. The molecule has 1 aliphatic rings. The van der Waals surface area contributed by atoms with E-state index in [4.69, 9.17) is 9.47 Å². The van der Waals surface area contributed by atoms with Crippen LogP contribution in [0.3, 0.4) is 0 Å². The van der Waals surface area contributed by atoms with Gasteiger partial charge in [-0.3, -0.25) is 9.36 Å². The van der Waals surface area contributed by atoms with Crippen LogP contribution in [0.2, 0.25) is 0 Å². The predicted octanol–water partition coefficient (Wildman–Crippen LogP) is 4.43. The van der Waals surface area contributed by atoms with Crippen molar-refractivity contribution in [2.45, 2.75) is 49.4 Å². The Hall–Kier alpha value is -3.58. The number of halogens is 1. The Morgan fingerprint density at radius 2 is 1.86 bits per heavy atom. The highest BCUT2D eigenvalue weighted by molar-refractivity contribution is 7.99. The molecule has 182 valence electrons. The van der Waals surface area contributed by atoms with Crippen LogP contribution in [0.4, 0.5) is 4.39 Å². The fourth-order valence-electron chi connectivity index (χ4n) is 4.04. The van der Waals surface area contributed by atoms with Crippen molar-refractivity contribution in [2.75, 3.05) is 12.9 Å². The molecule has 1 N–H and O–H groups in total. The summed E-state index contributed by atoms with van der Waals surface area (Å²) in [6.45, 7) is 0.0396. The van der Waals surface area contributed by atoms with Crippen LogP contribution in [-0.2, 0) is 11.4 Å². The second kappa shape index (κ2) is 11.2. The van der Waals surface area contributed by atoms with Gasteiger partial charge in [-0.15, -0.1) is 10.2 Å². The van der Waals surface area contributed by atoms with E-state index in [9.17, 15) is 14.4 Å². The number of nitrogens with one attached hydrogen (secondary N) is 1. The summed E-state index contributed by atoms with van der Waals surface area (Å²) in [5, 5.41) is 21.3. The summed E-state index contributed by atoms with van der Waals surface area (Å²) in [4.78, 5) is 12.7. The van der Waals surface area contributed by atoms with Gasteiger partial charge in [-0.05, 0) is 49.2 Å². The third kappa shape index (κ3) is 5.92. The minimum absolute atomic E-state index is 0.0232.